The number of benzene rings is 1. The van der Waals surface area contributed by atoms with Crippen LogP contribution in [0.2, 0.25) is 0 Å². The van der Waals surface area contributed by atoms with E-state index in [-0.39, 0.29) is 29.8 Å². The third kappa shape index (κ3) is 4.03. The van der Waals surface area contributed by atoms with Gasteiger partial charge in [0.1, 0.15) is 0 Å². The van der Waals surface area contributed by atoms with E-state index in [2.05, 4.69) is 0 Å². The second kappa shape index (κ2) is 8.00. The maximum absolute atomic E-state index is 13.0. The van der Waals surface area contributed by atoms with Crippen molar-refractivity contribution >= 4 is 11.8 Å². The van der Waals surface area contributed by atoms with Crippen LogP contribution in [0.4, 0.5) is 0 Å². The second-order valence-electron chi connectivity index (χ2n) is 7.39. The van der Waals surface area contributed by atoms with Crippen LogP contribution in [0.5, 0.6) is 0 Å². The Morgan fingerprint density at radius 1 is 1.04 bits per heavy atom. The maximum Gasteiger partial charge on any atom is 0.253 e. The van der Waals surface area contributed by atoms with Crippen LogP contribution in [0.15, 0.2) is 30.3 Å². The molecule has 136 valence electrons. The lowest BCUT2D eigenvalue weighted by Gasteiger charge is -2.41. The summed E-state index contributed by atoms with van der Waals surface area (Å²) in [6.45, 7) is 4.13. The average molecular weight is 343 g/mol. The molecule has 0 bridgehead atoms. The first-order valence-electron chi connectivity index (χ1n) is 9.48. The number of carbonyl (C=O) groups excluding carboxylic acids is 2. The van der Waals surface area contributed by atoms with Crippen LogP contribution in [0.3, 0.4) is 0 Å². The quantitative estimate of drug-likeness (QED) is 0.915. The zero-order chi connectivity index (χ0) is 17.8. The lowest BCUT2D eigenvalue weighted by Crippen LogP contribution is -2.54. The van der Waals surface area contributed by atoms with Gasteiger partial charge >= 0.3 is 0 Å². The molecule has 25 heavy (non-hydrogen) atoms. The molecule has 2 atom stereocenters. The summed E-state index contributed by atoms with van der Waals surface area (Å²) in [5, 5.41) is 0. The Labute approximate surface area is 150 Å². The number of amides is 2. The molecule has 2 saturated heterocycles. The van der Waals surface area contributed by atoms with Crippen LogP contribution in [-0.4, -0.2) is 53.3 Å². The molecule has 2 aliphatic rings. The standard InChI is InChI=1S/C20H29N3O2/c1-15(21)18-9-5-6-12-23(18)20(25)17-10-13-22(14-11-17)19(24)16-7-3-2-4-8-16/h2-4,7-8,15,17-18H,5-6,9-14,21H2,1H3. The van der Waals surface area contributed by atoms with Gasteiger partial charge in [-0.15, -0.1) is 0 Å². The molecule has 2 amide bonds. The molecule has 5 heteroatoms. The summed E-state index contributed by atoms with van der Waals surface area (Å²) in [6, 6.07) is 9.56. The van der Waals surface area contributed by atoms with Crippen LogP contribution in [-0.2, 0) is 4.79 Å². The average Bonchev–Trinajstić information content (AvgIpc) is 2.67. The number of hydrogen-bond donors (Lipinski definition) is 1. The van der Waals surface area contributed by atoms with Crippen molar-refractivity contribution in [3.05, 3.63) is 35.9 Å². The smallest absolute Gasteiger partial charge is 0.253 e. The number of rotatable bonds is 3. The maximum atomic E-state index is 13.0. The van der Waals surface area contributed by atoms with Crippen LogP contribution < -0.4 is 5.73 Å². The predicted octanol–water partition coefficient (Wildman–Crippen LogP) is 2.27. The molecule has 3 rings (SSSR count). The number of piperidine rings is 2. The van der Waals surface area contributed by atoms with Gasteiger partial charge in [-0.2, -0.15) is 0 Å². The van der Waals surface area contributed by atoms with E-state index < -0.39 is 0 Å². The Kier molecular flexibility index (Phi) is 5.74. The minimum atomic E-state index is 0.0176. The van der Waals surface area contributed by atoms with Gasteiger partial charge in [-0.05, 0) is 51.2 Å². The molecule has 2 N–H and O–H groups in total. The molecule has 2 heterocycles. The van der Waals surface area contributed by atoms with E-state index in [4.69, 9.17) is 5.73 Å². The molecule has 2 fully saturated rings. The highest BCUT2D eigenvalue weighted by atomic mass is 16.2. The molecule has 0 spiro atoms. The first-order chi connectivity index (χ1) is 12.1. The summed E-state index contributed by atoms with van der Waals surface area (Å²) in [5.41, 5.74) is 6.83. The van der Waals surface area contributed by atoms with E-state index in [1.807, 2.05) is 47.1 Å². The number of nitrogens with zero attached hydrogens (tertiary/aromatic N) is 2. The number of carbonyl (C=O) groups is 2. The van der Waals surface area contributed by atoms with Gasteiger partial charge in [-0.1, -0.05) is 18.2 Å². The zero-order valence-corrected chi connectivity index (χ0v) is 15.1. The Hall–Kier alpha value is -1.88. The van der Waals surface area contributed by atoms with Gasteiger partial charge in [-0.3, -0.25) is 9.59 Å². The lowest BCUT2D eigenvalue weighted by molar-refractivity contribution is -0.141. The van der Waals surface area contributed by atoms with Crippen molar-refractivity contribution in [2.24, 2.45) is 11.7 Å². The van der Waals surface area contributed by atoms with Crippen LogP contribution in [0.1, 0.15) is 49.4 Å². The third-order valence-corrected chi connectivity index (χ3v) is 5.59. The SMILES string of the molecule is CC(N)C1CCCCN1C(=O)C1CCN(C(=O)c2ccccc2)CC1. The molecule has 0 aromatic heterocycles. The predicted molar refractivity (Wildman–Crippen MR) is 98.1 cm³/mol. The van der Waals surface area contributed by atoms with Crippen LogP contribution in [0, 0.1) is 5.92 Å². The molecule has 1 aromatic rings. The minimum Gasteiger partial charge on any atom is -0.339 e. The van der Waals surface area contributed by atoms with Gasteiger partial charge in [0.2, 0.25) is 5.91 Å². The highest BCUT2D eigenvalue weighted by Gasteiger charge is 2.35. The summed E-state index contributed by atoms with van der Waals surface area (Å²) in [4.78, 5) is 29.4. The zero-order valence-electron chi connectivity index (χ0n) is 15.1. The molecule has 1 aromatic carbocycles. The number of nitrogens with two attached hydrogens (primary N) is 1. The first kappa shape index (κ1) is 17.9. The van der Waals surface area contributed by atoms with Gasteiger partial charge < -0.3 is 15.5 Å². The Morgan fingerprint density at radius 3 is 2.36 bits per heavy atom. The van der Waals surface area contributed by atoms with Gasteiger partial charge in [0, 0.05) is 43.2 Å². The van der Waals surface area contributed by atoms with Crippen LogP contribution in [0.25, 0.3) is 0 Å². The van der Waals surface area contributed by atoms with E-state index in [9.17, 15) is 9.59 Å². The van der Waals surface area contributed by atoms with Gasteiger partial charge in [0.25, 0.3) is 5.91 Å². The largest absolute Gasteiger partial charge is 0.339 e. The van der Waals surface area contributed by atoms with Crippen molar-refractivity contribution in [3.63, 3.8) is 0 Å². The van der Waals surface area contributed by atoms with E-state index in [0.29, 0.717) is 13.1 Å². The van der Waals surface area contributed by atoms with Gasteiger partial charge in [0.05, 0.1) is 0 Å². The van der Waals surface area contributed by atoms with Crippen molar-refractivity contribution in [2.75, 3.05) is 19.6 Å². The summed E-state index contributed by atoms with van der Waals surface area (Å²) in [6.07, 6.45) is 4.73. The van der Waals surface area contributed by atoms with Crippen molar-refractivity contribution in [1.29, 1.82) is 0 Å². The van der Waals surface area contributed by atoms with Gasteiger partial charge in [0.15, 0.2) is 0 Å². The normalized spacial score (nSPS) is 23.4. The molecule has 0 radical (unpaired) electrons. The van der Waals surface area contributed by atoms with E-state index >= 15 is 0 Å². The lowest BCUT2D eigenvalue weighted by atomic mass is 9.90. The Morgan fingerprint density at radius 2 is 1.72 bits per heavy atom. The first-order valence-corrected chi connectivity index (χ1v) is 9.48. The van der Waals surface area contributed by atoms with E-state index in [1.54, 1.807) is 0 Å². The summed E-state index contributed by atoms with van der Waals surface area (Å²) >= 11 is 0. The summed E-state index contributed by atoms with van der Waals surface area (Å²) < 4.78 is 0. The molecule has 0 saturated carbocycles. The third-order valence-electron chi connectivity index (χ3n) is 5.59. The molecule has 2 unspecified atom stereocenters. The molecule has 5 nitrogen and oxygen atoms in total. The van der Waals surface area contributed by atoms with Crippen LogP contribution >= 0.6 is 0 Å². The molecule has 2 aliphatic heterocycles. The fraction of sp³-hybridized carbons (Fsp3) is 0.600. The molecular formula is C20H29N3O2. The minimum absolute atomic E-state index is 0.0176. The fourth-order valence-corrected chi connectivity index (χ4v) is 4.10. The highest BCUT2D eigenvalue weighted by molar-refractivity contribution is 5.94. The molecule has 0 aliphatic carbocycles. The fourth-order valence-electron chi connectivity index (χ4n) is 4.10. The van der Waals surface area contributed by atoms with Crippen molar-refractivity contribution < 1.29 is 9.59 Å². The van der Waals surface area contributed by atoms with E-state index in [0.717, 1.165) is 44.2 Å². The highest BCUT2D eigenvalue weighted by Crippen LogP contribution is 2.26. The topological polar surface area (TPSA) is 66.6 Å². The van der Waals surface area contributed by atoms with Crippen molar-refractivity contribution in [1.82, 2.24) is 9.80 Å². The Bertz CT molecular complexity index is 594. The second-order valence-corrected chi connectivity index (χ2v) is 7.39. The number of likely N-dealkylation sites (tertiary alicyclic amines) is 2. The van der Waals surface area contributed by atoms with Crippen molar-refractivity contribution in [3.8, 4) is 0 Å². The van der Waals surface area contributed by atoms with E-state index in [1.165, 1.54) is 0 Å². The summed E-state index contributed by atoms with van der Waals surface area (Å²) in [5.74, 6) is 0.339. The Balaban J connectivity index is 1.58. The monoisotopic (exact) mass is 343 g/mol. The van der Waals surface area contributed by atoms with Crippen molar-refractivity contribution in [2.45, 2.75) is 51.1 Å². The summed E-state index contributed by atoms with van der Waals surface area (Å²) in [7, 11) is 0. The molecular weight excluding hydrogens is 314 g/mol. The van der Waals surface area contributed by atoms with Gasteiger partial charge in [-0.25, -0.2) is 0 Å². The number of hydrogen-bond acceptors (Lipinski definition) is 3.